The minimum absolute atomic E-state index is 0.0245. The molecule has 3 rings (SSSR count). The molecule has 0 bridgehead atoms. The number of hydrogen-bond donors (Lipinski definition) is 2. The third-order valence-corrected chi connectivity index (χ3v) is 4.33. The maximum Gasteiger partial charge on any atom is 0.199 e. The summed E-state index contributed by atoms with van der Waals surface area (Å²) in [4.78, 5) is 15.5. The van der Waals surface area contributed by atoms with Crippen molar-refractivity contribution in [1.29, 1.82) is 0 Å². The molecule has 0 spiro atoms. The molecule has 3 nitrogen and oxygen atoms in total. The first-order valence-corrected chi connectivity index (χ1v) is 7.73. The minimum Gasteiger partial charge on any atom is -0.494 e. The SMILES string of the molecule is O=C(c1cc(Cc2ccccc2)[nH]c1O)C1CCCCC1. The van der Waals surface area contributed by atoms with Crippen LogP contribution >= 0.6 is 0 Å². The molecule has 1 heterocycles. The van der Waals surface area contributed by atoms with Crippen molar-refractivity contribution in [1.82, 2.24) is 4.98 Å². The second-order valence-electron chi connectivity index (χ2n) is 5.92. The quantitative estimate of drug-likeness (QED) is 0.831. The molecule has 1 aliphatic rings. The van der Waals surface area contributed by atoms with Crippen LogP contribution in [-0.2, 0) is 6.42 Å². The van der Waals surface area contributed by atoms with E-state index in [4.69, 9.17) is 0 Å². The minimum atomic E-state index is 0.0245. The van der Waals surface area contributed by atoms with Crippen molar-refractivity contribution in [2.45, 2.75) is 38.5 Å². The van der Waals surface area contributed by atoms with Crippen LogP contribution in [0.1, 0.15) is 53.7 Å². The molecular formula is C18H21NO2. The Bertz CT molecular complexity index is 609. The summed E-state index contributed by atoms with van der Waals surface area (Å²) in [6, 6.07) is 11.9. The summed E-state index contributed by atoms with van der Waals surface area (Å²) in [5, 5.41) is 10.0. The Kier molecular flexibility index (Phi) is 4.09. The number of H-pyrrole nitrogens is 1. The number of aromatic nitrogens is 1. The van der Waals surface area contributed by atoms with Gasteiger partial charge in [-0.05, 0) is 24.5 Å². The van der Waals surface area contributed by atoms with Gasteiger partial charge < -0.3 is 10.1 Å². The van der Waals surface area contributed by atoms with Gasteiger partial charge in [0, 0.05) is 18.0 Å². The van der Waals surface area contributed by atoms with Gasteiger partial charge in [-0.1, -0.05) is 49.6 Å². The predicted octanol–water partition coefficient (Wildman–Crippen LogP) is 4.07. The Hall–Kier alpha value is -2.03. The molecule has 2 aromatic rings. The normalized spacial score (nSPS) is 16.0. The lowest BCUT2D eigenvalue weighted by molar-refractivity contribution is 0.0887. The van der Waals surface area contributed by atoms with Gasteiger partial charge in [0.2, 0.25) is 0 Å². The number of aromatic hydroxyl groups is 1. The summed E-state index contributed by atoms with van der Waals surface area (Å²) in [6.07, 6.45) is 6.08. The zero-order valence-corrected chi connectivity index (χ0v) is 12.1. The Morgan fingerprint density at radius 3 is 2.57 bits per heavy atom. The molecule has 21 heavy (non-hydrogen) atoms. The average Bonchev–Trinajstić information content (AvgIpc) is 2.89. The summed E-state index contributed by atoms with van der Waals surface area (Å²) in [7, 11) is 0. The van der Waals surface area contributed by atoms with Gasteiger partial charge in [-0.25, -0.2) is 0 Å². The van der Waals surface area contributed by atoms with E-state index >= 15 is 0 Å². The molecule has 2 N–H and O–H groups in total. The van der Waals surface area contributed by atoms with Crippen LogP contribution < -0.4 is 0 Å². The number of hydrogen-bond acceptors (Lipinski definition) is 2. The maximum atomic E-state index is 12.5. The third kappa shape index (κ3) is 3.18. The van der Waals surface area contributed by atoms with Gasteiger partial charge in [0.25, 0.3) is 0 Å². The van der Waals surface area contributed by atoms with Crippen LogP contribution in [0.5, 0.6) is 5.88 Å². The van der Waals surface area contributed by atoms with Crippen molar-refractivity contribution in [3.63, 3.8) is 0 Å². The van der Waals surface area contributed by atoms with Crippen molar-refractivity contribution >= 4 is 5.78 Å². The van der Waals surface area contributed by atoms with E-state index in [0.717, 1.165) is 36.9 Å². The molecule has 0 atom stereocenters. The lowest BCUT2D eigenvalue weighted by atomic mass is 9.84. The number of rotatable bonds is 4. The fourth-order valence-corrected chi connectivity index (χ4v) is 3.18. The molecule has 110 valence electrons. The fraction of sp³-hybridized carbons (Fsp3) is 0.389. The second-order valence-corrected chi connectivity index (χ2v) is 5.92. The summed E-state index contributed by atoms with van der Waals surface area (Å²) >= 11 is 0. The monoisotopic (exact) mass is 283 g/mol. The fourth-order valence-electron chi connectivity index (χ4n) is 3.18. The highest BCUT2D eigenvalue weighted by Crippen LogP contribution is 2.30. The molecule has 1 aromatic heterocycles. The summed E-state index contributed by atoms with van der Waals surface area (Å²) in [5.74, 6) is 0.212. The first kappa shape index (κ1) is 13.9. The Morgan fingerprint density at radius 2 is 1.86 bits per heavy atom. The van der Waals surface area contributed by atoms with E-state index in [1.807, 2.05) is 36.4 Å². The van der Waals surface area contributed by atoms with Crippen LogP contribution in [0.3, 0.4) is 0 Å². The number of Topliss-reactive ketones (excluding diaryl/α,β-unsaturated/α-hetero) is 1. The molecule has 0 aliphatic heterocycles. The number of benzene rings is 1. The van der Waals surface area contributed by atoms with Crippen molar-refractivity contribution < 1.29 is 9.90 Å². The Balaban J connectivity index is 1.76. The van der Waals surface area contributed by atoms with Gasteiger partial charge >= 0.3 is 0 Å². The highest BCUT2D eigenvalue weighted by atomic mass is 16.3. The Labute approximate surface area is 125 Å². The first-order chi connectivity index (χ1) is 10.2. The van der Waals surface area contributed by atoms with Crippen LogP contribution in [0.15, 0.2) is 36.4 Å². The molecule has 1 aliphatic carbocycles. The number of carbonyl (C=O) groups is 1. The zero-order valence-electron chi connectivity index (χ0n) is 12.1. The van der Waals surface area contributed by atoms with Crippen molar-refractivity contribution in [3.05, 3.63) is 53.2 Å². The zero-order chi connectivity index (χ0) is 14.7. The topological polar surface area (TPSA) is 53.1 Å². The van der Waals surface area contributed by atoms with Gasteiger partial charge in [-0.2, -0.15) is 0 Å². The van der Waals surface area contributed by atoms with Crippen LogP contribution in [0.2, 0.25) is 0 Å². The van der Waals surface area contributed by atoms with Gasteiger partial charge in [-0.3, -0.25) is 4.79 Å². The van der Waals surface area contributed by atoms with E-state index in [1.165, 1.54) is 6.42 Å². The van der Waals surface area contributed by atoms with Crippen molar-refractivity contribution in [3.8, 4) is 5.88 Å². The van der Waals surface area contributed by atoms with E-state index in [1.54, 1.807) is 0 Å². The summed E-state index contributed by atoms with van der Waals surface area (Å²) in [6.45, 7) is 0. The summed E-state index contributed by atoms with van der Waals surface area (Å²) in [5.41, 5.74) is 2.51. The van der Waals surface area contributed by atoms with E-state index in [-0.39, 0.29) is 17.6 Å². The van der Waals surface area contributed by atoms with Crippen LogP contribution in [0.25, 0.3) is 0 Å². The first-order valence-electron chi connectivity index (χ1n) is 7.73. The second kappa shape index (κ2) is 6.17. The molecule has 1 aromatic carbocycles. The number of nitrogens with one attached hydrogen (secondary N) is 1. The molecule has 3 heteroatoms. The van der Waals surface area contributed by atoms with E-state index in [9.17, 15) is 9.90 Å². The molecule has 1 fully saturated rings. The summed E-state index contributed by atoms with van der Waals surface area (Å²) < 4.78 is 0. The molecule has 0 amide bonds. The number of ketones is 1. The highest BCUT2D eigenvalue weighted by Gasteiger charge is 2.25. The third-order valence-electron chi connectivity index (χ3n) is 4.33. The predicted molar refractivity (Wildman–Crippen MR) is 82.6 cm³/mol. The Morgan fingerprint density at radius 1 is 1.14 bits per heavy atom. The van der Waals surface area contributed by atoms with Crippen LogP contribution in [0.4, 0.5) is 0 Å². The molecule has 0 unspecified atom stereocenters. The van der Waals surface area contributed by atoms with Gasteiger partial charge in [0.15, 0.2) is 11.7 Å². The lowest BCUT2D eigenvalue weighted by Gasteiger charge is -2.19. The van der Waals surface area contributed by atoms with Gasteiger partial charge in [0.1, 0.15) is 0 Å². The number of aromatic amines is 1. The molecular weight excluding hydrogens is 262 g/mol. The largest absolute Gasteiger partial charge is 0.494 e. The molecule has 1 saturated carbocycles. The average molecular weight is 283 g/mol. The maximum absolute atomic E-state index is 12.5. The molecule has 0 radical (unpaired) electrons. The van der Waals surface area contributed by atoms with Gasteiger partial charge in [-0.15, -0.1) is 0 Å². The van der Waals surface area contributed by atoms with Gasteiger partial charge in [0.05, 0.1) is 5.56 Å². The molecule has 0 saturated heterocycles. The van der Waals surface area contributed by atoms with Crippen molar-refractivity contribution in [2.75, 3.05) is 0 Å². The van der Waals surface area contributed by atoms with E-state index in [2.05, 4.69) is 4.98 Å². The van der Waals surface area contributed by atoms with Crippen LogP contribution in [-0.4, -0.2) is 15.9 Å². The smallest absolute Gasteiger partial charge is 0.199 e. The standard InChI is InChI=1S/C18H21NO2/c20-17(14-9-5-2-6-10-14)16-12-15(19-18(16)21)11-13-7-3-1-4-8-13/h1,3-4,7-8,12,14,19,21H,2,5-6,9-11H2. The van der Waals surface area contributed by atoms with E-state index in [0.29, 0.717) is 12.0 Å². The van der Waals surface area contributed by atoms with Crippen molar-refractivity contribution in [2.24, 2.45) is 5.92 Å². The van der Waals surface area contributed by atoms with E-state index < -0.39 is 0 Å². The highest BCUT2D eigenvalue weighted by molar-refractivity contribution is 6.00. The number of carbonyl (C=O) groups excluding carboxylic acids is 1. The van der Waals surface area contributed by atoms with Crippen LogP contribution in [0, 0.1) is 5.92 Å². The lowest BCUT2D eigenvalue weighted by Crippen LogP contribution is -2.17.